The van der Waals surface area contributed by atoms with Crippen molar-refractivity contribution in [3.05, 3.63) is 52.3 Å². The average molecular weight is 235 g/mol. The Balaban J connectivity index is 2.38. The van der Waals surface area contributed by atoms with Gasteiger partial charge >= 0.3 is 0 Å². The molecule has 0 saturated carbocycles. The molecule has 16 heavy (non-hydrogen) atoms. The average Bonchev–Trinajstić information content (AvgIpc) is 2.68. The Morgan fingerprint density at radius 2 is 2.12 bits per heavy atom. The van der Waals surface area contributed by atoms with Gasteiger partial charge in [0.25, 0.3) is 0 Å². The lowest BCUT2D eigenvalue weighted by molar-refractivity contribution is 0.103. The van der Waals surface area contributed by atoms with Crippen LogP contribution in [0.5, 0.6) is 0 Å². The SMILES string of the molecule is Cc1ccc(C(=O)c2cnn(C)c2)cc1Cl. The van der Waals surface area contributed by atoms with Crippen molar-refractivity contribution in [2.45, 2.75) is 6.92 Å². The van der Waals surface area contributed by atoms with Gasteiger partial charge in [-0.1, -0.05) is 23.7 Å². The first-order chi connectivity index (χ1) is 7.58. The van der Waals surface area contributed by atoms with Crippen LogP contribution in [-0.4, -0.2) is 15.6 Å². The van der Waals surface area contributed by atoms with Gasteiger partial charge in [-0.15, -0.1) is 0 Å². The van der Waals surface area contributed by atoms with Crippen molar-refractivity contribution >= 4 is 17.4 Å². The van der Waals surface area contributed by atoms with Gasteiger partial charge < -0.3 is 0 Å². The van der Waals surface area contributed by atoms with E-state index >= 15 is 0 Å². The zero-order chi connectivity index (χ0) is 11.7. The molecule has 3 nitrogen and oxygen atoms in total. The lowest BCUT2D eigenvalue weighted by Crippen LogP contribution is -2.00. The fourth-order valence-electron chi connectivity index (χ4n) is 1.44. The number of benzene rings is 1. The van der Waals surface area contributed by atoms with Crippen LogP contribution in [0.15, 0.2) is 30.6 Å². The van der Waals surface area contributed by atoms with Crippen LogP contribution in [-0.2, 0) is 7.05 Å². The molecule has 0 amide bonds. The second kappa shape index (κ2) is 4.10. The Hall–Kier alpha value is -1.61. The van der Waals surface area contributed by atoms with Crippen molar-refractivity contribution in [3.8, 4) is 0 Å². The van der Waals surface area contributed by atoms with Crippen LogP contribution in [0.25, 0.3) is 0 Å². The number of nitrogens with zero attached hydrogens (tertiary/aromatic N) is 2. The third kappa shape index (κ3) is 1.99. The number of carbonyl (C=O) groups is 1. The fourth-order valence-corrected chi connectivity index (χ4v) is 1.62. The Kier molecular flexibility index (Phi) is 2.79. The topological polar surface area (TPSA) is 34.9 Å². The van der Waals surface area contributed by atoms with Crippen LogP contribution in [0.1, 0.15) is 21.5 Å². The number of hydrogen-bond donors (Lipinski definition) is 0. The van der Waals surface area contributed by atoms with Crippen LogP contribution in [0.2, 0.25) is 5.02 Å². The molecule has 1 aromatic heterocycles. The number of rotatable bonds is 2. The minimum absolute atomic E-state index is 0.0602. The summed E-state index contributed by atoms with van der Waals surface area (Å²) in [4.78, 5) is 12.0. The van der Waals surface area contributed by atoms with Gasteiger partial charge in [0, 0.05) is 23.8 Å². The summed E-state index contributed by atoms with van der Waals surface area (Å²) in [6.45, 7) is 1.90. The lowest BCUT2D eigenvalue weighted by Gasteiger charge is -2.01. The summed E-state index contributed by atoms with van der Waals surface area (Å²) in [5.74, 6) is -0.0602. The number of ketones is 1. The van der Waals surface area contributed by atoms with E-state index in [2.05, 4.69) is 5.10 Å². The molecule has 1 aromatic carbocycles. The number of halogens is 1. The fraction of sp³-hybridized carbons (Fsp3) is 0.167. The Morgan fingerprint density at radius 3 is 2.69 bits per heavy atom. The van der Waals surface area contributed by atoms with Crippen molar-refractivity contribution in [1.82, 2.24) is 9.78 Å². The van der Waals surface area contributed by atoms with E-state index in [1.54, 1.807) is 36.3 Å². The number of carbonyl (C=O) groups excluding carboxylic acids is 1. The zero-order valence-corrected chi connectivity index (χ0v) is 9.82. The first-order valence-corrected chi connectivity index (χ1v) is 5.25. The van der Waals surface area contributed by atoms with E-state index in [0.717, 1.165) is 5.56 Å². The predicted molar refractivity (Wildman–Crippen MR) is 62.8 cm³/mol. The molecule has 0 spiro atoms. The molecule has 0 aliphatic rings. The molecule has 0 unspecified atom stereocenters. The summed E-state index contributed by atoms with van der Waals surface area (Å²) in [6, 6.07) is 5.30. The van der Waals surface area contributed by atoms with Gasteiger partial charge in [0.2, 0.25) is 0 Å². The Morgan fingerprint density at radius 1 is 1.38 bits per heavy atom. The van der Waals surface area contributed by atoms with E-state index in [1.165, 1.54) is 0 Å². The largest absolute Gasteiger partial charge is 0.288 e. The molecule has 82 valence electrons. The molecular formula is C12H11ClN2O. The molecule has 0 radical (unpaired) electrons. The highest BCUT2D eigenvalue weighted by Gasteiger charge is 2.11. The van der Waals surface area contributed by atoms with Crippen LogP contribution in [0, 0.1) is 6.92 Å². The molecule has 0 saturated heterocycles. The summed E-state index contributed by atoms with van der Waals surface area (Å²) in [5.41, 5.74) is 2.12. The summed E-state index contributed by atoms with van der Waals surface area (Å²) < 4.78 is 1.60. The number of hydrogen-bond acceptors (Lipinski definition) is 2. The van der Waals surface area contributed by atoms with Gasteiger partial charge in [0.05, 0.1) is 11.8 Å². The highest BCUT2D eigenvalue weighted by Crippen LogP contribution is 2.18. The molecule has 0 fully saturated rings. The summed E-state index contributed by atoms with van der Waals surface area (Å²) in [5, 5.41) is 4.57. The van der Waals surface area contributed by atoms with Gasteiger partial charge in [-0.3, -0.25) is 9.48 Å². The highest BCUT2D eigenvalue weighted by atomic mass is 35.5. The predicted octanol–water partition coefficient (Wildman–Crippen LogP) is 2.61. The maximum absolute atomic E-state index is 12.0. The molecule has 4 heteroatoms. The third-order valence-electron chi connectivity index (χ3n) is 2.40. The summed E-state index contributed by atoms with van der Waals surface area (Å²) >= 11 is 5.98. The van der Waals surface area contributed by atoms with Crippen molar-refractivity contribution < 1.29 is 4.79 Å². The number of aromatic nitrogens is 2. The molecule has 0 atom stereocenters. The van der Waals surface area contributed by atoms with E-state index in [9.17, 15) is 4.79 Å². The van der Waals surface area contributed by atoms with E-state index < -0.39 is 0 Å². The van der Waals surface area contributed by atoms with Gasteiger partial charge in [0.15, 0.2) is 5.78 Å². The summed E-state index contributed by atoms with van der Waals surface area (Å²) in [6.07, 6.45) is 3.24. The second-order valence-corrected chi connectivity index (χ2v) is 4.10. The molecule has 2 rings (SSSR count). The smallest absolute Gasteiger partial charge is 0.196 e. The van der Waals surface area contributed by atoms with E-state index in [-0.39, 0.29) is 5.78 Å². The van der Waals surface area contributed by atoms with Gasteiger partial charge in [-0.25, -0.2) is 0 Å². The molecule has 1 heterocycles. The van der Waals surface area contributed by atoms with Gasteiger partial charge in [0.1, 0.15) is 0 Å². The minimum atomic E-state index is -0.0602. The van der Waals surface area contributed by atoms with E-state index in [1.807, 2.05) is 13.0 Å². The van der Waals surface area contributed by atoms with Crippen molar-refractivity contribution in [1.29, 1.82) is 0 Å². The van der Waals surface area contributed by atoms with Crippen molar-refractivity contribution in [2.75, 3.05) is 0 Å². The summed E-state index contributed by atoms with van der Waals surface area (Å²) in [7, 11) is 1.78. The highest BCUT2D eigenvalue weighted by molar-refractivity contribution is 6.31. The maximum Gasteiger partial charge on any atom is 0.196 e. The maximum atomic E-state index is 12.0. The molecule has 0 N–H and O–H groups in total. The van der Waals surface area contributed by atoms with Crippen LogP contribution < -0.4 is 0 Å². The van der Waals surface area contributed by atoms with Gasteiger partial charge in [-0.2, -0.15) is 5.10 Å². The van der Waals surface area contributed by atoms with Crippen molar-refractivity contribution in [3.63, 3.8) is 0 Å². The molecule has 0 aliphatic carbocycles. The first kappa shape index (κ1) is 10.9. The van der Waals surface area contributed by atoms with E-state index in [0.29, 0.717) is 16.1 Å². The van der Waals surface area contributed by atoms with Crippen molar-refractivity contribution in [2.24, 2.45) is 7.05 Å². The molecular weight excluding hydrogens is 224 g/mol. The normalized spacial score (nSPS) is 10.4. The Labute approximate surface area is 98.7 Å². The molecule has 2 aromatic rings. The first-order valence-electron chi connectivity index (χ1n) is 4.87. The monoisotopic (exact) mass is 234 g/mol. The number of aryl methyl sites for hydroxylation is 2. The Bertz CT molecular complexity index is 546. The third-order valence-corrected chi connectivity index (χ3v) is 2.81. The minimum Gasteiger partial charge on any atom is -0.288 e. The van der Waals surface area contributed by atoms with Crippen LogP contribution >= 0.6 is 11.6 Å². The zero-order valence-electron chi connectivity index (χ0n) is 9.07. The second-order valence-electron chi connectivity index (χ2n) is 3.70. The lowest BCUT2D eigenvalue weighted by atomic mass is 10.1. The molecule has 0 bridgehead atoms. The van der Waals surface area contributed by atoms with Crippen LogP contribution in [0.3, 0.4) is 0 Å². The molecule has 0 aliphatic heterocycles. The quantitative estimate of drug-likeness (QED) is 0.749. The van der Waals surface area contributed by atoms with Gasteiger partial charge in [-0.05, 0) is 18.6 Å². The van der Waals surface area contributed by atoms with E-state index in [4.69, 9.17) is 11.6 Å². The standard InChI is InChI=1S/C12H11ClN2O/c1-8-3-4-9(5-11(8)13)12(16)10-6-14-15(2)7-10/h3-7H,1-2H3. The van der Waals surface area contributed by atoms with Crippen LogP contribution in [0.4, 0.5) is 0 Å².